The summed E-state index contributed by atoms with van der Waals surface area (Å²) in [6.07, 6.45) is 1.60. The number of aromatic amines is 1. The van der Waals surface area contributed by atoms with Gasteiger partial charge >= 0.3 is 5.97 Å². The van der Waals surface area contributed by atoms with Crippen LogP contribution in [0.15, 0.2) is 36.5 Å². The first-order valence-corrected chi connectivity index (χ1v) is 5.72. The molecule has 98 valence electrons. The molecule has 0 amide bonds. The number of nitro groups is 1. The zero-order valence-electron chi connectivity index (χ0n) is 10.3. The molecule has 1 aromatic carbocycles. The molecule has 1 heterocycles. The largest absolute Gasteiger partial charge is 0.461 e. The summed E-state index contributed by atoms with van der Waals surface area (Å²) < 4.78 is 4.92. The van der Waals surface area contributed by atoms with E-state index in [1.807, 2.05) is 0 Å². The summed E-state index contributed by atoms with van der Waals surface area (Å²) in [6, 6.07) is 7.80. The number of carbonyl (C=O) groups is 1. The van der Waals surface area contributed by atoms with Crippen molar-refractivity contribution in [3.8, 4) is 11.1 Å². The standard InChI is InChI=1S/C13H12N2O4/c1-2-19-13(16)12-11(6-7-14-12)9-4-3-5-10(8-9)15(17)18/h3-8,14H,2H2,1H3. The van der Waals surface area contributed by atoms with Crippen molar-refractivity contribution in [1.82, 2.24) is 4.98 Å². The molecule has 0 spiro atoms. The minimum atomic E-state index is -0.478. The number of carbonyl (C=O) groups excluding carboxylic acids is 1. The molecule has 19 heavy (non-hydrogen) atoms. The number of hydrogen-bond donors (Lipinski definition) is 1. The molecule has 0 aliphatic heterocycles. The Balaban J connectivity index is 2.42. The number of benzene rings is 1. The van der Waals surface area contributed by atoms with Crippen molar-refractivity contribution in [3.05, 3.63) is 52.3 Å². The van der Waals surface area contributed by atoms with E-state index >= 15 is 0 Å². The molecule has 0 unspecified atom stereocenters. The Kier molecular flexibility index (Phi) is 3.61. The van der Waals surface area contributed by atoms with Crippen LogP contribution in [0.1, 0.15) is 17.4 Å². The molecule has 6 heteroatoms. The molecule has 0 radical (unpaired) electrons. The third-order valence-electron chi connectivity index (χ3n) is 2.59. The second-order valence-corrected chi connectivity index (χ2v) is 3.79. The molecule has 0 saturated heterocycles. The van der Waals surface area contributed by atoms with Gasteiger partial charge in [-0.15, -0.1) is 0 Å². The summed E-state index contributed by atoms with van der Waals surface area (Å²) in [5, 5.41) is 10.8. The number of rotatable bonds is 4. The molecule has 0 aliphatic carbocycles. The van der Waals surface area contributed by atoms with Crippen molar-refractivity contribution in [2.75, 3.05) is 6.61 Å². The van der Waals surface area contributed by atoms with E-state index in [2.05, 4.69) is 4.98 Å². The average Bonchev–Trinajstić information content (AvgIpc) is 2.88. The van der Waals surface area contributed by atoms with E-state index in [1.165, 1.54) is 12.1 Å². The molecule has 2 aromatic rings. The molecular formula is C13H12N2O4. The smallest absolute Gasteiger partial charge is 0.355 e. The van der Waals surface area contributed by atoms with Gasteiger partial charge in [0.2, 0.25) is 0 Å². The van der Waals surface area contributed by atoms with E-state index in [4.69, 9.17) is 4.74 Å². The van der Waals surface area contributed by atoms with Crippen LogP contribution in [0.2, 0.25) is 0 Å². The van der Waals surface area contributed by atoms with Crippen LogP contribution in [-0.4, -0.2) is 22.5 Å². The number of H-pyrrole nitrogens is 1. The van der Waals surface area contributed by atoms with Crippen molar-refractivity contribution in [3.63, 3.8) is 0 Å². The number of hydrogen-bond acceptors (Lipinski definition) is 4. The van der Waals surface area contributed by atoms with Crippen LogP contribution < -0.4 is 0 Å². The lowest BCUT2D eigenvalue weighted by molar-refractivity contribution is -0.384. The fourth-order valence-corrected chi connectivity index (χ4v) is 1.77. The lowest BCUT2D eigenvalue weighted by atomic mass is 10.1. The summed E-state index contributed by atoms with van der Waals surface area (Å²) in [5.41, 5.74) is 1.46. The van der Waals surface area contributed by atoms with Gasteiger partial charge in [0.1, 0.15) is 5.69 Å². The maximum Gasteiger partial charge on any atom is 0.355 e. The molecule has 0 saturated carbocycles. The van der Waals surface area contributed by atoms with Crippen LogP contribution >= 0.6 is 0 Å². The Morgan fingerprint density at radius 2 is 2.21 bits per heavy atom. The SMILES string of the molecule is CCOC(=O)c1[nH]ccc1-c1cccc([N+](=O)[O-])c1. The van der Waals surface area contributed by atoms with E-state index in [0.29, 0.717) is 16.8 Å². The number of nitrogens with zero attached hydrogens (tertiary/aromatic N) is 1. The third kappa shape index (κ3) is 2.62. The van der Waals surface area contributed by atoms with Crippen LogP contribution in [0.5, 0.6) is 0 Å². The van der Waals surface area contributed by atoms with E-state index in [-0.39, 0.29) is 12.3 Å². The number of ether oxygens (including phenoxy) is 1. The predicted molar refractivity (Wildman–Crippen MR) is 68.8 cm³/mol. The van der Waals surface area contributed by atoms with Crippen LogP contribution in [0.3, 0.4) is 0 Å². The third-order valence-corrected chi connectivity index (χ3v) is 2.59. The van der Waals surface area contributed by atoms with Gasteiger partial charge in [0.05, 0.1) is 11.5 Å². The Hall–Kier alpha value is -2.63. The topological polar surface area (TPSA) is 85.2 Å². The lowest BCUT2D eigenvalue weighted by Gasteiger charge is -2.04. The zero-order chi connectivity index (χ0) is 13.8. The van der Waals surface area contributed by atoms with Gasteiger partial charge in [-0.25, -0.2) is 4.79 Å². The molecule has 0 bridgehead atoms. The first-order valence-electron chi connectivity index (χ1n) is 5.72. The summed E-state index contributed by atoms with van der Waals surface area (Å²) in [5.74, 6) is -0.478. The molecule has 0 aliphatic rings. The fourth-order valence-electron chi connectivity index (χ4n) is 1.77. The Morgan fingerprint density at radius 3 is 2.89 bits per heavy atom. The summed E-state index contributed by atoms with van der Waals surface area (Å²) >= 11 is 0. The van der Waals surface area contributed by atoms with E-state index < -0.39 is 10.9 Å². The van der Waals surface area contributed by atoms with Crippen molar-refractivity contribution >= 4 is 11.7 Å². The zero-order valence-corrected chi connectivity index (χ0v) is 10.3. The molecule has 0 atom stereocenters. The Bertz CT molecular complexity index is 619. The summed E-state index contributed by atoms with van der Waals surface area (Å²) in [6.45, 7) is 1.99. The monoisotopic (exact) mass is 260 g/mol. The van der Waals surface area contributed by atoms with Gasteiger partial charge in [-0.2, -0.15) is 0 Å². The molecule has 1 N–H and O–H groups in total. The highest BCUT2D eigenvalue weighted by Gasteiger charge is 2.16. The summed E-state index contributed by atoms with van der Waals surface area (Å²) in [7, 11) is 0. The van der Waals surface area contributed by atoms with Crippen molar-refractivity contribution in [1.29, 1.82) is 0 Å². The van der Waals surface area contributed by atoms with Crippen LogP contribution in [0, 0.1) is 10.1 Å². The summed E-state index contributed by atoms with van der Waals surface area (Å²) in [4.78, 5) is 24.8. The van der Waals surface area contributed by atoms with Crippen molar-refractivity contribution in [2.24, 2.45) is 0 Å². The van der Waals surface area contributed by atoms with Gasteiger partial charge in [-0.3, -0.25) is 10.1 Å². The Morgan fingerprint density at radius 1 is 1.42 bits per heavy atom. The average molecular weight is 260 g/mol. The van der Waals surface area contributed by atoms with Crippen molar-refractivity contribution in [2.45, 2.75) is 6.92 Å². The highest BCUT2D eigenvalue weighted by molar-refractivity contribution is 5.95. The number of non-ortho nitro benzene ring substituents is 1. The predicted octanol–water partition coefficient (Wildman–Crippen LogP) is 2.77. The first kappa shape index (κ1) is 12.8. The van der Waals surface area contributed by atoms with Crippen LogP contribution in [0.4, 0.5) is 5.69 Å². The maximum absolute atomic E-state index is 11.7. The van der Waals surface area contributed by atoms with Crippen LogP contribution in [0.25, 0.3) is 11.1 Å². The quantitative estimate of drug-likeness (QED) is 0.520. The van der Waals surface area contributed by atoms with E-state index in [0.717, 1.165) is 0 Å². The number of aromatic nitrogens is 1. The normalized spacial score (nSPS) is 10.2. The van der Waals surface area contributed by atoms with E-state index in [1.54, 1.807) is 31.3 Å². The molecule has 0 fully saturated rings. The fraction of sp³-hybridized carbons (Fsp3) is 0.154. The lowest BCUT2D eigenvalue weighted by Crippen LogP contribution is -2.06. The molecule has 2 rings (SSSR count). The van der Waals surface area contributed by atoms with E-state index in [9.17, 15) is 14.9 Å². The first-order chi connectivity index (χ1) is 9.13. The van der Waals surface area contributed by atoms with Gasteiger partial charge in [0, 0.05) is 23.9 Å². The minimum absolute atomic E-state index is 0.0199. The number of esters is 1. The van der Waals surface area contributed by atoms with Gasteiger partial charge in [-0.05, 0) is 18.6 Å². The van der Waals surface area contributed by atoms with Gasteiger partial charge in [-0.1, -0.05) is 12.1 Å². The maximum atomic E-state index is 11.7. The van der Waals surface area contributed by atoms with Crippen LogP contribution in [-0.2, 0) is 4.74 Å². The van der Waals surface area contributed by atoms with Gasteiger partial charge in [0.15, 0.2) is 0 Å². The second-order valence-electron chi connectivity index (χ2n) is 3.79. The van der Waals surface area contributed by atoms with Gasteiger partial charge < -0.3 is 9.72 Å². The number of nitrogens with one attached hydrogen (secondary N) is 1. The number of nitro benzene ring substituents is 1. The highest BCUT2D eigenvalue weighted by atomic mass is 16.6. The molecule has 6 nitrogen and oxygen atoms in total. The molecular weight excluding hydrogens is 248 g/mol. The van der Waals surface area contributed by atoms with Crippen molar-refractivity contribution < 1.29 is 14.5 Å². The Labute approximate surface area is 109 Å². The molecule has 1 aromatic heterocycles. The second kappa shape index (κ2) is 5.34. The highest BCUT2D eigenvalue weighted by Crippen LogP contribution is 2.26. The van der Waals surface area contributed by atoms with Gasteiger partial charge in [0.25, 0.3) is 5.69 Å². The minimum Gasteiger partial charge on any atom is -0.461 e.